The van der Waals surface area contributed by atoms with Gasteiger partial charge in [-0.05, 0) is 48.5 Å². The molecular formula is C18H16ClN3O4. The van der Waals surface area contributed by atoms with Gasteiger partial charge in [0.05, 0.1) is 12.8 Å². The number of halogens is 1. The van der Waals surface area contributed by atoms with Crippen molar-refractivity contribution in [1.82, 2.24) is 5.32 Å². The number of nitrogens with zero attached hydrogens (tertiary/aromatic N) is 1. The molecule has 1 aliphatic rings. The average molecular weight is 374 g/mol. The fourth-order valence-electron chi connectivity index (χ4n) is 2.55. The van der Waals surface area contributed by atoms with Crippen molar-refractivity contribution < 1.29 is 19.1 Å². The van der Waals surface area contributed by atoms with Crippen LogP contribution in [0.15, 0.2) is 48.5 Å². The van der Waals surface area contributed by atoms with Crippen LogP contribution in [0.1, 0.15) is 0 Å². The van der Waals surface area contributed by atoms with E-state index in [1.54, 1.807) is 55.6 Å². The summed E-state index contributed by atoms with van der Waals surface area (Å²) in [5.41, 5.74) is 0.873. The highest BCUT2D eigenvalue weighted by Gasteiger charge is 2.39. The van der Waals surface area contributed by atoms with Gasteiger partial charge in [0.1, 0.15) is 11.7 Å². The fraction of sp³-hybridized carbons (Fsp3) is 0.167. The molecule has 2 aromatic carbocycles. The van der Waals surface area contributed by atoms with Crippen molar-refractivity contribution in [3.63, 3.8) is 0 Å². The van der Waals surface area contributed by atoms with Crippen LogP contribution < -0.4 is 20.3 Å². The van der Waals surface area contributed by atoms with Crippen LogP contribution in [0.4, 0.5) is 16.2 Å². The third-order valence-electron chi connectivity index (χ3n) is 3.94. The van der Waals surface area contributed by atoms with Gasteiger partial charge >= 0.3 is 6.03 Å². The lowest BCUT2D eigenvalue weighted by Gasteiger charge is -2.30. The molecular weight excluding hydrogens is 358 g/mol. The number of benzene rings is 2. The molecule has 0 bridgehead atoms. The predicted molar refractivity (Wildman–Crippen MR) is 97.5 cm³/mol. The van der Waals surface area contributed by atoms with Gasteiger partial charge in [-0.2, -0.15) is 0 Å². The van der Waals surface area contributed by atoms with Crippen molar-refractivity contribution in [2.45, 2.75) is 0 Å². The van der Waals surface area contributed by atoms with Crippen LogP contribution in [0.25, 0.3) is 0 Å². The Labute approximate surface area is 154 Å². The lowest BCUT2D eigenvalue weighted by molar-refractivity contribution is -0.130. The first kappa shape index (κ1) is 17.8. The Balaban J connectivity index is 1.76. The Morgan fingerprint density at radius 3 is 2.42 bits per heavy atom. The van der Waals surface area contributed by atoms with Crippen LogP contribution in [0, 0.1) is 5.92 Å². The van der Waals surface area contributed by atoms with E-state index >= 15 is 0 Å². The monoisotopic (exact) mass is 373 g/mol. The zero-order valence-electron chi connectivity index (χ0n) is 13.9. The molecule has 0 saturated carbocycles. The largest absolute Gasteiger partial charge is 0.497 e. The maximum Gasteiger partial charge on any atom is 0.328 e. The number of imide groups is 1. The normalized spacial score (nSPS) is 16.8. The second-order valence-electron chi connectivity index (χ2n) is 5.61. The number of carbonyl (C=O) groups is 3. The second kappa shape index (κ2) is 7.45. The summed E-state index contributed by atoms with van der Waals surface area (Å²) in [6.07, 6.45) is 0. The summed E-state index contributed by atoms with van der Waals surface area (Å²) >= 11 is 5.84. The molecule has 0 spiro atoms. The Kier molecular flexibility index (Phi) is 5.09. The van der Waals surface area contributed by atoms with Gasteiger partial charge in [-0.1, -0.05) is 11.6 Å². The summed E-state index contributed by atoms with van der Waals surface area (Å²) in [4.78, 5) is 38.3. The van der Waals surface area contributed by atoms with E-state index in [1.807, 2.05) is 0 Å². The van der Waals surface area contributed by atoms with Gasteiger partial charge in [-0.15, -0.1) is 0 Å². The van der Waals surface area contributed by atoms with Crippen molar-refractivity contribution >= 4 is 40.8 Å². The molecule has 4 amide bonds. The van der Waals surface area contributed by atoms with Crippen molar-refractivity contribution in [2.75, 3.05) is 23.9 Å². The molecule has 134 valence electrons. The molecule has 0 aromatic heterocycles. The minimum absolute atomic E-state index is 0.0657. The van der Waals surface area contributed by atoms with E-state index in [0.717, 1.165) is 4.90 Å². The van der Waals surface area contributed by atoms with Crippen LogP contribution in [-0.2, 0) is 9.59 Å². The topological polar surface area (TPSA) is 87.7 Å². The molecule has 0 aliphatic carbocycles. The number of carbonyl (C=O) groups excluding carboxylic acids is 3. The van der Waals surface area contributed by atoms with Crippen LogP contribution in [0.2, 0.25) is 5.02 Å². The van der Waals surface area contributed by atoms with E-state index in [0.29, 0.717) is 22.1 Å². The number of methoxy groups -OCH3 is 1. The number of urea groups is 1. The van der Waals surface area contributed by atoms with Gasteiger partial charge in [0, 0.05) is 17.3 Å². The Hall–Kier alpha value is -3.06. The number of amides is 4. The minimum atomic E-state index is -1.04. The molecule has 2 N–H and O–H groups in total. The van der Waals surface area contributed by atoms with Gasteiger partial charge in [-0.3, -0.25) is 9.59 Å². The van der Waals surface area contributed by atoms with E-state index in [1.165, 1.54) is 0 Å². The maximum absolute atomic E-state index is 12.7. The Morgan fingerprint density at radius 2 is 1.81 bits per heavy atom. The average Bonchev–Trinajstić information content (AvgIpc) is 2.64. The first-order valence-electron chi connectivity index (χ1n) is 7.82. The first-order chi connectivity index (χ1) is 12.5. The minimum Gasteiger partial charge on any atom is -0.497 e. The lowest BCUT2D eigenvalue weighted by atomic mass is 10.0. The summed E-state index contributed by atoms with van der Waals surface area (Å²) in [5.74, 6) is -1.48. The Morgan fingerprint density at radius 1 is 1.15 bits per heavy atom. The first-order valence-corrected chi connectivity index (χ1v) is 8.19. The van der Waals surface area contributed by atoms with Gasteiger partial charge < -0.3 is 15.4 Å². The van der Waals surface area contributed by atoms with Crippen LogP contribution in [-0.4, -0.2) is 31.5 Å². The van der Waals surface area contributed by atoms with Crippen molar-refractivity contribution in [3.05, 3.63) is 53.6 Å². The number of anilines is 2. The molecule has 7 nitrogen and oxygen atoms in total. The third-order valence-corrected chi connectivity index (χ3v) is 4.19. The summed E-state index contributed by atoms with van der Waals surface area (Å²) in [6, 6.07) is 12.4. The number of hydrogen-bond acceptors (Lipinski definition) is 4. The summed E-state index contributed by atoms with van der Waals surface area (Å²) in [6.45, 7) is -0.0657. The van der Waals surface area contributed by atoms with E-state index in [2.05, 4.69) is 10.6 Å². The van der Waals surface area contributed by atoms with E-state index in [9.17, 15) is 14.4 Å². The molecule has 1 aliphatic heterocycles. The van der Waals surface area contributed by atoms with Crippen molar-refractivity contribution in [1.29, 1.82) is 0 Å². The summed E-state index contributed by atoms with van der Waals surface area (Å²) < 4.78 is 5.06. The fourth-order valence-corrected chi connectivity index (χ4v) is 2.68. The molecule has 8 heteroatoms. The Bertz CT molecular complexity index is 837. The molecule has 26 heavy (non-hydrogen) atoms. The number of ether oxygens (including phenoxy) is 1. The van der Waals surface area contributed by atoms with Gasteiger partial charge in [0.25, 0.3) is 0 Å². The molecule has 3 rings (SSSR count). The van der Waals surface area contributed by atoms with E-state index < -0.39 is 23.8 Å². The van der Waals surface area contributed by atoms with Gasteiger partial charge in [0.2, 0.25) is 11.8 Å². The predicted octanol–water partition coefficient (Wildman–Crippen LogP) is 2.66. The number of hydrogen-bond donors (Lipinski definition) is 2. The molecule has 1 saturated heterocycles. The lowest BCUT2D eigenvalue weighted by Crippen LogP contribution is -2.58. The van der Waals surface area contributed by atoms with Gasteiger partial charge in [0.15, 0.2) is 0 Å². The molecule has 1 fully saturated rings. The third kappa shape index (κ3) is 3.62. The van der Waals surface area contributed by atoms with Gasteiger partial charge in [-0.25, -0.2) is 9.69 Å². The second-order valence-corrected chi connectivity index (χ2v) is 6.04. The standard InChI is InChI=1S/C18H16ClN3O4/c1-26-14-8-4-12(5-9-14)21-16(23)15-10-20-18(25)22(17(15)24)13-6-2-11(19)3-7-13/h2-9,15H,10H2,1H3,(H,20,25)(H,21,23). The van der Waals surface area contributed by atoms with E-state index in [-0.39, 0.29) is 6.54 Å². The quantitative estimate of drug-likeness (QED) is 0.806. The van der Waals surface area contributed by atoms with E-state index in [4.69, 9.17) is 16.3 Å². The van der Waals surface area contributed by atoms with Crippen LogP contribution in [0.5, 0.6) is 5.75 Å². The summed E-state index contributed by atoms with van der Waals surface area (Å²) in [5, 5.41) is 5.72. The molecule has 1 unspecified atom stereocenters. The summed E-state index contributed by atoms with van der Waals surface area (Å²) in [7, 11) is 1.54. The zero-order chi connectivity index (χ0) is 18.7. The smallest absolute Gasteiger partial charge is 0.328 e. The van der Waals surface area contributed by atoms with Crippen LogP contribution >= 0.6 is 11.6 Å². The van der Waals surface area contributed by atoms with Crippen molar-refractivity contribution in [3.8, 4) is 5.75 Å². The highest BCUT2D eigenvalue weighted by molar-refractivity contribution is 6.30. The highest BCUT2D eigenvalue weighted by atomic mass is 35.5. The number of nitrogens with one attached hydrogen (secondary N) is 2. The SMILES string of the molecule is COc1ccc(NC(=O)C2CNC(=O)N(c3ccc(Cl)cc3)C2=O)cc1. The highest BCUT2D eigenvalue weighted by Crippen LogP contribution is 2.23. The van der Waals surface area contributed by atoms with Crippen molar-refractivity contribution in [2.24, 2.45) is 5.92 Å². The number of rotatable bonds is 4. The molecule has 1 heterocycles. The molecule has 1 atom stereocenters. The molecule has 2 aromatic rings. The zero-order valence-corrected chi connectivity index (χ0v) is 14.6. The maximum atomic E-state index is 12.7. The molecule has 0 radical (unpaired) electrons. The van der Waals surface area contributed by atoms with Crippen LogP contribution in [0.3, 0.4) is 0 Å².